The molecule has 1 aromatic rings. The second-order valence-electron chi connectivity index (χ2n) is 4.86. The number of pyridine rings is 1. The monoisotopic (exact) mass is 362 g/mol. The van der Waals surface area contributed by atoms with E-state index in [1.807, 2.05) is 7.05 Å². The van der Waals surface area contributed by atoms with Crippen LogP contribution < -0.4 is 10.0 Å². The van der Waals surface area contributed by atoms with E-state index in [4.69, 9.17) is 0 Å². The maximum atomic E-state index is 12.4. The molecule has 0 amide bonds. The van der Waals surface area contributed by atoms with E-state index in [1.54, 1.807) is 18.3 Å². The molecule has 2 heterocycles. The van der Waals surface area contributed by atoms with Crippen LogP contribution in [0.25, 0.3) is 0 Å². The van der Waals surface area contributed by atoms with Crippen molar-refractivity contribution in [1.82, 2.24) is 14.6 Å². The molecule has 0 radical (unpaired) electrons. The summed E-state index contributed by atoms with van der Waals surface area (Å²) in [4.78, 5) is 4.04. The SMILES string of the molecule is CNCC1CCCN(S(=O)(=O)Nc2ncccc2Br)C1. The normalized spacial score (nSPS) is 20.8. The zero-order valence-corrected chi connectivity index (χ0v) is 13.7. The molecule has 2 N–H and O–H groups in total. The third-order valence-corrected chi connectivity index (χ3v) is 5.40. The number of hydrogen-bond donors (Lipinski definition) is 2. The second kappa shape index (κ2) is 6.84. The van der Waals surface area contributed by atoms with Gasteiger partial charge in [0.1, 0.15) is 0 Å². The number of hydrogen-bond acceptors (Lipinski definition) is 4. The molecule has 20 heavy (non-hydrogen) atoms. The van der Waals surface area contributed by atoms with Crippen molar-refractivity contribution in [3.8, 4) is 0 Å². The molecule has 2 rings (SSSR count). The molecule has 0 spiro atoms. The highest BCUT2D eigenvalue weighted by Crippen LogP contribution is 2.23. The number of piperidine rings is 1. The predicted octanol–water partition coefficient (Wildman–Crippen LogP) is 1.43. The molecule has 6 nitrogen and oxygen atoms in total. The van der Waals surface area contributed by atoms with E-state index in [-0.39, 0.29) is 0 Å². The average Bonchev–Trinajstić information content (AvgIpc) is 2.42. The van der Waals surface area contributed by atoms with Gasteiger partial charge in [-0.2, -0.15) is 12.7 Å². The van der Waals surface area contributed by atoms with Gasteiger partial charge in [0.15, 0.2) is 5.82 Å². The van der Waals surface area contributed by atoms with Crippen LogP contribution in [-0.4, -0.2) is 44.4 Å². The fraction of sp³-hybridized carbons (Fsp3) is 0.583. The lowest BCUT2D eigenvalue weighted by atomic mass is 10.00. The van der Waals surface area contributed by atoms with E-state index in [1.165, 1.54) is 4.31 Å². The van der Waals surface area contributed by atoms with Crippen molar-refractivity contribution in [2.24, 2.45) is 5.92 Å². The standard InChI is InChI=1S/C12H19BrN4O2S/c1-14-8-10-4-3-7-17(9-10)20(18,19)16-12-11(13)5-2-6-15-12/h2,5-6,10,14H,3-4,7-9H2,1H3,(H,15,16). The van der Waals surface area contributed by atoms with Crippen molar-refractivity contribution in [1.29, 1.82) is 0 Å². The van der Waals surface area contributed by atoms with Crippen molar-refractivity contribution >= 4 is 32.0 Å². The van der Waals surface area contributed by atoms with Crippen LogP contribution >= 0.6 is 15.9 Å². The molecule has 1 saturated heterocycles. The van der Waals surface area contributed by atoms with E-state index >= 15 is 0 Å². The Kier molecular flexibility index (Phi) is 5.36. The molecule has 8 heteroatoms. The Balaban J connectivity index is 2.08. The van der Waals surface area contributed by atoms with Crippen LogP contribution in [0.3, 0.4) is 0 Å². The molecule has 0 aromatic carbocycles. The highest BCUT2D eigenvalue weighted by atomic mass is 79.9. The summed E-state index contributed by atoms with van der Waals surface area (Å²) in [7, 11) is -1.66. The maximum Gasteiger partial charge on any atom is 0.302 e. The Morgan fingerprint density at radius 3 is 3.05 bits per heavy atom. The zero-order valence-electron chi connectivity index (χ0n) is 11.3. The molecule has 1 unspecified atom stereocenters. The van der Waals surface area contributed by atoms with Crippen LogP contribution in [0.1, 0.15) is 12.8 Å². The minimum atomic E-state index is -3.55. The summed E-state index contributed by atoms with van der Waals surface area (Å²) in [5.74, 6) is 0.681. The Hall–Kier alpha value is -0.700. The minimum absolute atomic E-state index is 0.322. The van der Waals surface area contributed by atoms with Crippen molar-refractivity contribution in [2.45, 2.75) is 12.8 Å². The maximum absolute atomic E-state index is 12.4. The number of nitrogens with zero attached hydrogens (tertiary/aromatic N) is 2. The molecular formula is C12H19BrN4O2S. The van der Waals surface area contributed by atoms with Gasteiger partial charge in [0.2, 0.25) is 0 Å². The molecule has 112 valence electrons. The first-order valence-electron chi connectivity index (χ1n) is 6.56. The lowest BCUT2D eigenvalue weighted by Gasteiger charge is -2.31. The van der Waals surface area contributed by atoms with Gasteiger partial charge in [-0.25, -0.2) is 4.98 Å². The molecule has 1 fully saturated rings. The molecule has 1 aliphatic heterocycles. The first-order valence-corrected chi connectivity index (χ1v) is 8.79. The van der Waals surface area contributed by atoms with Gasteiger partial charge >= 0.3 is 10.2 Å². The summed E-state index contributed by atoms with van der Waals surface area (Å²) in [6.45, 7) is 1.93. The van der Waals surface area contributed by atoms with Gasteiger partial charge in [0, 0.05) is 19.3 Å². The Morgan fingerprint density at radius 1 is 1.55 bits per heavy atom. The van der Waals surface area contributed by atoms with Gasteiger partial charge in [0.05, 0.1) is 4.47 Å². The highest BCUT2D eigenvalue weighted by molar-refractivity contribution is 9.10. The Morgan fingerprint density at radius 2 is 2.35 bits per heavy atom. The summed E-state index contributed by atoms with van der Waals surface area (Å²) < 4.78 is 29.5. The van der Waals surface area contributed by atoms with Gasteiger partial charge in [0.25, 0.3) is 0 Å². The molecule has 1 aromatic heterocycles. The smallest absolute Gasteiger partial charge is 0.302 e. The second-order valence-corrected chi connectivity index (χ2v) is 7.39. The molecule has 1 aliphatic rings. The van der Waals surface area contributed by atoms with Gasteiger partial charge in [-0.05, 0) is 60.4 Å². The predicted molar refractivity (Wildman–Crippen MR) is 82.7 cm³/mol. The van der Waals surface area contributed by atoms with Crippen LogP contribution in [-0.2, 0) is 10.2 Å². The first-order chi connectivity index (χ1) is 9.53. The molecule has 1 atom stereocenters. The number of halogens is 1. The molecule has 0 bridgehead atoms. The van der Waals surface area contributed by atoms with Crippen LogP contribution in [0.5, 0.6) is 0 Å². The van der Waals surface area contributed by atoms with Crippen molar-refractivity contribution in [2.75, 3.05) is 31.4 Å². The molecular weight excluding hydrogens is 344 g/mol. The third kappa shape index (κ3) is 3.91. The third-order valence-electron chi connectivity index (χ3n) is 3.30. The Bertz CT molecular complexity index is 550. The number of nitrogens with one attached hydrogen (secondary N) is 2. The largest absolute Gasteiger partial charge is 0.319 e. The minimum Gasteiger partial charge on any atom is -0.319 e. The fourth-order valence-corrected chi connectivity index (χ4v) is 4.15. The van der Waals surface area contributed by atoms with E-state index < -0.39 is 10.2 Å². The van der Waals surface area contributed by atoms with Crippen molar-refractivity contribution in [3.63, 3.8) is 0 Å². The zero-order chi connectivity index (χ0) is 14.6. The number of rotatable bonds is 5. The highest BCUT2D eigenvalue weighted by Gasteiger charge is 2.29. The molecule has 0 saturated carbocycles. The summed E-state index contributed by atoms with van der Waals surface area (Å²) in [6.07, 6.45) is 3.50. The summed E-state index contributed by atoms with van der Waals surface area (Å²) in [5.41, 5.74) is 0. The van der Waals surface area contributed by atoms with Gasteiger partial charge in [-0.1, -0.05) is 0 Å². The number of anilines is 1. The van der Waals surface area contributed by atoms with E-state index in [9.17, 15) is 8.42 Å². The van der Waals surface area contributed by atoms with E-state index in [2.05, 4.69) is 31.0 Å². The quantitative estimate of drug-likeness (QED) is 0.830. The van der Waals surface area contributed by atoms with Crippen molar-refractivity contribution < 1.29 is 8.42 Å². The van der Waals surface area contributed by atoms with Gasteiger partial charge < -0.3 is 5.32 Å². The summed E-state index contributed by atoms with van der Waals surface area (Å²) in [5, 5.41) is 3.11. The summed E-state index contributed by atoms with van der Waals surface area (Å²) in [6, 6.07) is 3.50. The van der Waals surface area contributed by atoms with Crippen LogP contribution in [0.2, 0.25) is 0 Å². The topological polar surface area (TPSA) is 74.3 Å². The lowest BCUT2D eigenvalue weighted by molar-refractivity contribution is 0.264. The fourth-order valence-electron chi connectivity index (χ4n) is 2.35. The van der Waals surface area contributed by atoms with E-state index in [0.717, 1.165) is 19.4 Å². The van der Waals surface area contributed by atoms with E-state index in [0.29, 0.717) is 29.3 Å². The summed E-state index contributed by atoms with van der Waals surface area (Å²) >= 11 is 3.29. The van der Waals surface area contributed by atoms with Crippen molar-refractivity contribution in [3.05, 3.63) is 22.8 Å². The van der Waals surface area contributed by atoms with Gasteiger partial charge in [-0.3, -0.25) is 4.72 Å². The van der Waals surface area contributed by atoms with Crippen LogP contribution in [0.4, 0.5) is 5.82 Å². The van der Waals surface area contributed by atoms with Crippen LogP contribution in [0, 0.1) is 5.92 Å². The van der Waals surface area contributed by atoms with Gasteiger partial charge in [-0.15, -0.1) is 0 Å². The molecule has 0 aliphatic carbocycles. The number of aromatic nitrogens is 1. The van der Waals surface area contributed by atoms with Crippen LogP contribution in [0.15, 0.2) is 22.8 Å². The average molecular weight is 363 g/mol. The first kappa shape index (κ1) is 15.7. The Labute approximate surface area is 128 Å². The lowest BCUT2D eigenvalue weighted by Crippen LogP contribution is -2.44.